The van der Waals surface area contributed by atoms with Crippen molar-refractivity contribution < 1.29 is 35.9 Å². The van der Waals surface area contributed by atoms with E-state index in [0.29, 0.717) is 44.0 Å². The van der Waals surface area contributed by atoms with Crippen LogP contribution < -0.4 is 20.7 Å². The highest BCUT2D eigenvalue weighted by atomic mass is 32.2. The second-order valence-electron chi connectivity index (χ2n) is 12.0. The predicted molar refractivity (Wildman–Crippen MR) is 172 cm³/mol. The molecule has 3 N–H and O–H groups in total. The number of esters is 1. The van der Waals surface area contributed by atoms with Gasteiger partial charge in [0.15, 0.2) is 9.84 Å². The number of hydrogen-bond acceptors (Lipinski definition) is 10. The number of nitrogens with zero attached hydrogens (tertiary/aromatic N) is 3. The van der Waals surface area contributed by atoms with Gasteiger partial charge in [-0.25, -0.2) is 8.42 Å². The molecule has 3 heterocycles. The largest absolute Gasteiger partial charge is 0.465 e. The van der Waals surface area contributed by atoms with Gasteiger partial charge < -0.3 is 25.4 Å². The average molecular weight is 674 g/mol. The first-order valence-corrected chi connectivity index (χ1v) is 17.2. The summed E-state index contributed by atoms with van der Waals surface area (Å²) >= 11 is 0. The molecule has 10 nitrogen and oxygen atoms in total. The van der Waals surface area contributed by atoms with E-state index in [0.717, 1.165) is 19.1 Å². The summed E-state index contributed by atoms with van der Waals surface area (Å²) in [5.74, 6) is -0.527. The summed E-state index contributed by atoms with van der Waals surface area (Å²) in [4.78, 5) is 22.4. The van der Waals surface area contributed by atoms with Crippen LogP contribution in [0.4, 0.5) is 24.9 Å². The van der Waals surface area contributed by atoms with Crippen molar-refractivity contribution in [1.82, 2.24) is 15.3 Å². The Labute approximate surface area is 272 Å². The molecule has 1 aromatic heterocycles. The highest BCUT2D eigenvalue weighted by Crippen LogP contribution is 2.43. The number of carbonyl (C=O) groups is 1. The molecule has 0 amide bonds. The van der Waals surface area contributed by atoms with Gasteiger partial charge in [-0.3, -0.25) is 4.79 Å². The number of benzene rings is 2. The second kappa shape index (κ2) is 13.5. The highest BCUT2D eigenvalue weighted by Gasteiger charge is 2.46. The fourth-order valence-electron chi connectivity index (χ4n) is 6.24. The molecule has 0 radical (unpaired) electrons. The van der Waals surface area contributed by atoms with Gasteiger partial charge in [-0.05, 0) is 73.4 Å². The van der Waals surface area contributed by atoms with Crippen molar-refractivity contribution in [2.75, 3.05) is 43.1 Å². The number of alkyl halides is 3. The number of aromatic nitrogens is 2. The van der Waals surface area contributed by atoms with E-state index in [2.05, 4.69) is 15.3 Å². The number of allylic oxidation sites excluding steroid dienone is 1. The first-order chi connectivity index (χ1) is 22.2. The van der Waals surface area contributed by atoms with Crippen LogP contribution in [0.15, 0.2) is 59.5 Å². The molecule has 47 heavy (non-hydrogen) atoms. The Morgan fingerprint density at radius 2 is 1.91 bits per heavy atom. The number of piperidine rings is 1. The molecule has 2 aliphatic rings. The molecule has 2 saturated heterocycles. The summed E-state index contributed by atoms with van der Waals surface area (Å²) in [5.41, 5.74) is 6.72. The lowest BCUT2D eigenvalue weighted by Crippen LogP contribution is -2.41. The summed E-state index contributed by atoms with van der Waals surface area (Å²) < 4.78 is 79.7. The lowest BCUT2D eigenvalue weighted by molar-refractivity contribution is -0.198. The van der Waals surface area contributed by atoms with Crippen LogP contribution in [-0.2, 0) is 19.4 Å². The third kappa shape index (κ3) is 7.87. The standard InChI is InChI=1S/C33H38F3N5O5S/c1-4-7-21-10-11-24(25(16-21)22-8-6-9-23(17-22)47(3,43)44)29(33(34,35)36)46-28-18-27(39-31(37)40-28)41-14-12-32(13-15-41)19-26(38-20-32)30(42)45-5-2/h4,6-11,16-18,26,29,38H,5,12-15,19-20H2,1-3H3,(H2,37,39,40)/b7-4+/t26-,29+/m0/s1. The first-order valence-electron chi connectivity index (χ1n) is 15.3. The Morgan fingerprint density at radius 3 is 2.57 bits per heavy atom. The van der Waals surface area contributed by atoms with E-state index in [1.165, 1.54) is 36.4 Å². The van der Waals surface area contributed by atoms with Crippen molar-refractivity contribution in [3.63, 3.8) is 0 Å². The molecule has 5 rings (SSSR count). The van der Waals surface area contributed by atoms with Gasteiger partial charge in [0.25, 0.3) is 0 Å². The number of hydrogen-bond donors (Lipinski definition) is 2. The molecular weight excluding hydrogens is 635 g/mol. The van der Waals surface area contributed by atoms with Crippen molar-refractivity contribution in [3.05, 3.63) is 65.7 Å². The van der Waals surface area contributed by atoms with Crippen LogP contribution in [0.2, 0.25) is 0 Å². The zero-order valence-electron chi connectivity index (χ0n) is 26.4. The maximum atomic E-state index is 14.8. The lowest BCUT2D eigenvalue weighted by atomic mass is 9.76. The molecule has 0 bridgehead atoms. The van der Waals surface area contributed by atoms with Crippen molar-refractivity contribution in [3.8, 4) is 17.0 Å². The van der Waals surface area contributed by atoms with Crippen molar-refractivity contribution in [1.29, 1.82) is 0 Å². The van der Waals surface area contributed by atoms with Gasteiger partial charge >= 0.3 is 12.1 Å². The van der Waals surface area contributed by atoms with E-state index in [9.17, 15) is 26.4 Å². The number of nitrogens with two attached hydrogens (primary N) is 1. The fourth-order valence-corrected chi connectivity index (χ4v) is 6.91. The van der Waals surface area contributed by atoms with E-state index in [1.54, 1.807) is 38.1 Å². The monoisotopic (exact) mass is 673 g/mol. The fraction of sp³-hybridized carbons (Fsp3) is 0.424. The van der Waals surface area contributed by atoms with Crippen LogP contribution >= 0.6 is 0 Å². The molecule has 14 heteroatoms. The number of anilines is 2. The van der Waals surface area contributed by atoms with Crippen LogP contribution in [0.5, 0.6) is 5.88 Å². The SMILES string of the molecule is C/C=C/c1ccc([C@@H](Oc2cc(N3CCC4(CC3)CN[C@H](C(=O)OCC)C4)nc(N)n2)C(F)(F)F)c(-c2cccc(S(C)(=O)=O)c2)c1. The third-order valence-corrected chi connectivity index (χ3v) is 9.72. The molecule has 252 valence electrons. The number of nitrogen functional groups attached to an aromatic ring is 1. The minimum Gasteiger partial charge on any atom is -0.465 e. The quantitative estimate of drug-likeness (QED) is 0.286. The normalized spacial score (nSPS) is 18.9. The van der Waals surface area contributed by atoms with Crippen LogP contribution in [0.3, 0.4) is 0 Å². The first kappa shape index (κ1) is 34.2. The third-order valence-electron chi connectivity index (χ3n) is 8.61. The highest BCUT2D eigenvalue weighted by molar-refractivity contribution is 7.90. The Kier molecular flexibility index (Phi) is 9.83. The summed E-state index contributed by atoms with van der Waals surface area (Å²) in [6.07, 6.45) is -0.714. The van der Waals surface area contributed by atoms with Gasteiger partial charge in [0.2, 0.25) is 17.9 Å². The Balaban J connectivity index is 1.43. The Morgan fingerprint density at radius 1 is 1.17 bits per heavy atom. The molecule has 2 aromatic carbocycles. The average Bonchev–Trinajstić information content (AvgIpc) is 3.43. The summed E-state index contributed by atoms with van der Waals surface area (Å²) in [6.45, 7) is 5.62. The molecule has 0 aliphatic carbocycles. The molecule has 2 aliphatic heterocycles. The van der Waals surface area contributed by atoms with E-state index < -0.39 is 22.1 Å². The number of carbonyl (C=O) groups excluding carboxylic acids is 1. The van der Waals surface area contributed by atoms with Gasteiger partial charge in [0, 0.05) is 37.5 Å². The minimum atomic E-state index is -4.88. The maximum absolute atomic E-state index is 14.8. The topological polar surface area (TPSA) is 137 Å². The van der Waals surface area contributed by atoms with Gasteiger partial charge in [-0.1, -0.05) is 36.4 Å². The van der Waals surface area contributed by atoms with Crippen molar-refractivity contribution in [2.45, 2.75) is 56.3 Å². The Bertz CT molecular complexity index is 1760. The van der Waals surface area contributed by atoms with Crippen molar-refractivity contribution >= 4 is 33.6 Å². The minimum absolute atomic E-state index is 0.0248. The van der Waals surface area contributed by atoms with E-state index in [4.69, 9.17) is 15.2 Å². The van der Waals surface area contributed by atoms with Gasteiger partial charge in [0.1, 0.15) is 11.9 Å². The molecule has 2 atom stereocenters. The molecule has 0 saturated carbocycles. The lowest BCUT2D eigenvalue weighted by Gasteiger charge is -2.39. The van der Waals surface area contributed by atoms with E-state index >= 15 is 0 Å². The summed E-state index contributed by atoms with van der Waals surface area (Å²) in [6, 6.07) is 11.2. The second-order valence-corrected chi connectivity index (χ2v) is 14.0. The molecule has 2 fully saturated rings. The number of halogens is 3. The predicted octanol–water partition coefficient (Wildman–Crippen LogP) is 5.36. The van der Waals surface area contributed by atoms with Crippen LogP contribution in [0.25, 0.3) is 17.2 Å². The van der Waals surface area contributed by atoms with Gasteiger partial charge in [0.05, 0.1) is 11.5 Å². The smallest absolute Gasteiger partial charge is 0.429 e. The number of nitrogens with one attached hydrogen (secondary N) is 1. The zero-order chi connectivity index (χ0) is 34.0. The number of sulfone groups is 1. The number of ether oxygens (including phenoxy) is 2. The summed E-state index contributed by atoms with van der Waals surface area (Å²) in [5, 5.41) is 3.26. The molecular formula is C33H38F3N5O5S. The summed E-state index contributed by atoms with van der Waals surface area (Å²) in [7, 11) is -3.63. The Hall–Kier alpha value is -4.17. The van der Waals surface area contributed by atoms with E-state index in [-0.39, 0.29) is 50.8 Å². The van der Waals surface area contributed by atoms with Gasteiger partial charge in [-0.15, -0.1) is 0 Å². The molecule has 3 aromatic rings. The maximum Gasteiger partial charge on any atom is 0.429 e. The molecule has 1 spiro atoms. The number of rotatable bonds is 9. The zero-order valence-corrected chi connectivity index (χ0v) is 27.2. The van der Waals surface area contributed by atoms with Crippen LogP contribution in [0, 0.1) is 5.41 Å². The van der Waals surface area contributed by atoms with E-state index in [1.807, 2.05) is 4.90 Å². The van der Waals surface area contributed by atoms with Gasteiger partial charge in [-0.2, -0.15) is 23.1 Å². The molecule has 0 unspecified atom stereocenters. The van der Waals surface area contributed by atoms with Crippen molar-refractivity contribution in [2.24, 2.45) is 5.41 Å². The van der Waals surface area contributed by atoms with Crippen LogP contribution in [-0.4, -0.2) is 69.1 Å². The van der Waals surface area contributed by atoms with Crippen LogP contribution in [0.1, 0.15) is 50.3 Å².